The molecule has 8 heteroatoms. The highest BCUT2D eigenvalue weighted by Crippen LogP contribution is 2.30. The number of halogens is 1. The first-order valence-corrected chi connectivity index (χ1v) is 14.0. The molecular formula is C31H28ClN5OS. The normalized spacial score (nSPS) is 11.0. The van der Waals surface area contributed by atoms with Crippen molar-refractivity contribution >= 4 is 46.3 Å². The van der Waals surface area contributed by atoms with Gasteiger partial charge >= 0.3 is 0 Å². The van der Waals surface area contributed by atoms with E-state index in [0.29, 0.717) is 16.0 Å². The summed E-state index contributed by atoms with van der Waals surface area (Å²) in [5.74, 6) is 0.756. The molecule has 0 radical (unpaired) electrons. The average Bonchev–Trinajstić information content (AvgIpc) is 3.38. The fourth-order valence-electron chi connectivity index (χ4n) is 4.33. The van der Waals surface area contributed by atoms with Gasteiger partial charge in [0, 0.05) is 39.4 Å². The Morgan fingerprint density at radius 3 is 2.10 bits per heavy atom. The van der Waals surface area contributed by atoms with E-state index in [9.17, 15) is 4.79 Å². The van der Waals surface area contributed by atoms with Gasteiger partial charge in [0.05, 0.1) is 5.75 Å². The van der Waals surface area contributed by atoms with Gasteiger partial charge in [-0.15, -0.1) is 10.2 Å². The van der Waals surface area contributed by atoms with Gasteiger partial charge in [-0.2, -0.15) is 0 Å². The summed E-state index contributed by atoms with van der Waals surface area (Å²) < 4.78 is 1.96. The quantitative estimate of drug-likeness (QED) is 0.188. The zero-order valence-corrected chi connectivity index (χ0v) is 23.2. The lowest BCUT2D eigenvalue weighted by atomic mass is 10.2. The summed E-state index contributed by atoms with van der Waals surface area (Å²) in [6.07, 6.45) is 0. The SMILES string of the molecule is CC(C)N(c1ccccc1)c1ccc(NC(=O)CSc2nnc(-c3ccc(Cl)cc3)n2-c2ccccc2)cc1. The molecule has 1 amide bonds. The van der Waals surface area contributed by atoms with Gasteiger partial charge in [0.15, 0.2) is 11.0 Å². The molecule has 0 bridgehead atoms. The minimum atomic E-state index is -0.118. The highest BCUT2D eigenvalue weighted by atomic mass is 35.5. The van der Waals surface area contributed by atoms with Gasteiger partial charge < -0.3 is 10.2 Å². The van der Waals surface area contributed by atoms with Crippen molar-refractivity contribution < 1.29 is 4.79 Å². The topological polar surface area (TPSA) is 63.1 Å². The van der Waals surface area contributed by atoms with E-state index in [-0.39, 0.29) is 17.7 Å². The van der Waals surface area contributed by atoms with Crippen LogP contribution in [0.4, 0.5) is 17.1 Å². The zero-order chi connectivity index (χ0) is 27.2. The van der Waals surface area contributed by atoms with Crippen LogP contribution in [-0.4, -0.2) is 32.5 Å². The van der Waals surface area contributed by atoms with Gasteiger partial charge in [0.1, 0.15) is 0 Å². The third-order valence-electron chi connectivity index (χ3n) is 6.06. The summed E-state index contributed by atoms with van der Waals surface area (Å²) in [5.41, 5.74) is 4.74. The van der Waals surface area contributed by atoms with Crippen LogP contribution >= 0.6 is 23.4 Å². The first kappa shape index (κ1) is 26.5. The van der Waals surface area contributed by atoms with Gasteiger partial charge in [0.2, 0.25) is 5.91 Å². The fraction of sp³-hybridized carbons (Fsp3) is 0.129. The van der Waals surface area contributed by atoms with Crippen molar-refractivity contribution in [3.8, 4) is 17.1 Å². The average molecular weight is 554 g/mol. The van der Waals surface area contributed by atoms with Crippen molar-refractivity contribution in [2.75, 3.05) is 16.0 Å². The number of aromatic nitrogens is 3. The summed E-state index contributed by atoms with van der Waals surface area (Å²) in [7, 11) is 0. The summed E-state index contributed by atoms with van der Waals surface area (Å²) in [6.45, 7) is 4.32. The lowest BCUT2D eigenvalue weighted by molar-refractivity contribution is -0.113. The minimum Gasteiger partial charge on any atom is -0.339 e. The molecule has 0 saturated carbocycles. The molecule has 5 aromatic rings. The number of rotatable bonds is 9. The van der Waals surface area contributed by atoms with Gasteiger partial charge in [-0.3, -0.25) is 9.36 Å². The Balaban J connectivity index is 1.29. The van der Waals surface area contributed by atoms with E-state index in [2.05, 4.69) is 46.4 Å². The molecule has 0 saturated heterocycles. The fourth-order valence-corrected chi connectivity index (χ4v) is 5.20. The van der Waals surface area contributed by atoms with E-state index in [0.717, 1.165) is 28.3 Å². The Morgan fingerprint density at radius 1 is 0.846 bits per heavy atom. The Bertz CT molecular complexity index is 1520. The Morgan fingerprint density at radius 2 is 1.46 bits per heavy atom. The monoisotopic (exact) mass is 553 g/mol. The number of para-hydroxylation sites is 2. The third kappa shape index (κ3) is 6.33. The third-order valence-corrected chi connectivity index (χ3v) is 7.24. The van der Waals surface area contributed by atoms with Crippen molar-refractivity contribution in [3.05, 3.63) is 114 Å². The van der Waals surface area contributed by atoms with Gasteiger partial charge in [-0.05, 0) is 86.6 Å². The van der Waals surface area contributed by atoms with Crippen LogP contribution in [0.3, 0.4) is 0 Å². The molecule has 1 N–H and O–H groups in total. The summed E-state index contributed by atoms with van der Waals surface area (Å²) in [4.78, 5) is 15.1. The smallest absolute Gasteiger partial charge is 0.234 e. The number of carbonyl (C=O) groups excluding carboxylic acids is 1. The molecule has 196 valence electrons. The number of anilines is 3. The predicted molar refractivity (Wildman–Crippen MR) is 161 cm³/mol. The van der Waals surface area contributed by atoms with Crippen molar-refractivity contribution in [1.82, 2.24) is 14.8 Å². The zero-order valence-electron chi connectivity index (χ0n) is 21.7. The number of hydrogen-bond donors (Lipinski definition) is 1. The van der Waals surface area contributed by atoms with Gasteiger partial charge in [-0.25, -0.2) is 0 Å². The molecule has 5 rings (SSSR count). The first-order valence-electron chi connectivity index (χ1n) is 12.6. The maximum atomic E-state index is 12.9. The van der Waals surface area contributed by atoms with Crippen LogP contribution in [0.2, 0.25) is 5.02 Å². The van der Waals surface area contributed by atoms with Crippen LogP contribution < -0.4 is 10.2 Å². The van der Waals surface area contributed by atoms with E-state index in [1.54, 1.807) is 0 Å². The van der Waals surface area contributed by atoms with Crippen molar-refractivity contribution in [2.45, 2.75) is 25.0 Å². The highest BCUT2D eigenvalue weighted by Gasteiger charge is 2.18. The number of benzene rings is 4. The molecule has 0 fully saturated rings. The van der Waals surface area contributed by atoms with Crippen LogP contribution in [-0.2, 0) is 4.79 Å². The van der Waals surface area contributed by atoms with Gasteiger partial charge in [-0.1, -0.05) is 59.8 Å². The number of amides is 1. The van der Waals surface area contributed by atoms with Crippen molar-refractivity contribution in [2.24, 2.45) is 0 Å². The van der Waals surface area contributed by atoms with Crippen LogP contribution in [0.15, 0.2) is 114 Å². The Hall–Kier alpha value is -4.07. The number of thioether (sulfide) groups is 1. The molecule has 0 unspecified atom stereocenters. The van der Waals surface area contributed by atoms with Crippen molar-refractivity contribution in [3.63, 3.8) is 0 Å². The maximum absolute atomic E-state index is 12.9. The van der Waals surface area contributed by atoms with Gasteiger partial charge in [0.25, 0.3) is 0 Å². The lowest BCUT2D eigenvalue weighted by Crippen LogP contribution is -2.25. The Kier molecular flexibility index (Phi) is 8.30. The van der Waals surface area contributed by atoms with Crippen molar-refractivity contribution in [1.29, 1.82) is 0 Å². The van der Waals surface area contributed by atoms with E-state index < -0.39 is 0 Å². The molecule has 0 atom stereocenters. The maximum Gasteiger partial charge on any atom is 0.234 e. The second kappa shape index (κ2) is 12.2. The summed E-state index contributed by atoms with van der Waals surface area (Å²) in [6, 6.07) is 35.8. The molecule has 1 heterocycles. The second-order valence-corrected chi connectivity index (χ2v) is 10.5. The summed E-state index contributed by atoms with van der Waals surface area (Å²) in [5, 5.41) is 13.1. The molecule has 0 aliphatic rings. The van der Waals surface area contributed by atoms with Crippen LogP contribution in [0.25, 0.3) is 17.1 Å². The summed E-state index contributed by atoms with van der Waals surface area (Å²) >= 11 is 7.42. The Labute approximate surface area is 237 Å². The predicted octanol–water partition coefficient (Wildman–Crippen LogP) is 7.87. The molecule has 6 nitrogen and oxygen atoms in total. The van der Waals surface area contributed by atoms with Crippen LogP contribution in [0, 0.1) is 0 Å². The van der Waals surface area contributed by atoms with E-state index >= 15 is 0 Å². The standard InChI is InChI=1S/C31H28ClN5OS/c1-22(2)36(26-9-5-3-6-10-26)28-19-17-25(18-20-28)33-29(38)21-39-31-35-34-30(23-13-15-24(32)16-14-23)37(31)27-11-7-4-8-12-27/h3-20,22H,21H2,1-2H3,(H,33,38). The number of carbonyl (C=O) groups is 1. The van der Waals surface area contributed by atoms with Crippen LogP contribution in [0.1, 0.15) is 13.8 Å². The molecule has 1 aromatic heterocycles. The molecule has 0 aliphatic heterocycles. The molecule has 39 heavy (non-hydrogen) atoms. The largest absolute Gasteiger partial charge is 0.339 e. The molecule has 4 aromatic carbocycles. The number of nitrogens with zero attached hydrogens (tertiary/aromatic N) is 4. The molecule has 0 spiro atoms. The second-order valence-electron chi connectivity index (χ2n) is 9.17. The minimum absolute atomic E-state index is 0.118. The molecular weight excluding hydrogens is 526 g/mol. The lowest BCUT2D eigenvalue weighted by Gasteiger charge is -2.29. The molecule has 0 aliphatic carbocycles. The number of hydrogen-bond acceptors (Lipinski definition) is 5. The van der Waals surface area contributed by atoms with E-state index in [1.807, 2.05) is 102 Å². The van der Waals surface area contributed by atoms with E-state index in [4.69, 9.17) is 11.6 Å². The van der Waals surface area contributed by atoms with Crippen LogP contribution in [0.5, 0.6) is 0 Å². The first-order chi connectivity index (χ1) is 19.0. The highest BCUT2D eigenvalue weighted by molar-refractivity contribution is 7.99. The van der Waals surface area contributed by atoms with E-state index in [1.165, 1.54) is 11.8 Å². The number of nitrogens with one attached hydrogen (secondary N) is 1.